The average molecular weight is 428 g/mol. The molecule has 0 spiro atoms. The van der Waals surface area contributed by atoms with Gasteiger partial charge in [0.15, 0.2) is 5.78 Å². The van der Waals surface area contributed by atoms with Gasteiger partial charge in [0.05, 0.1) is 13.2 Å². The predicted octanol–water partition coefficient (Wildman–Crippen LogP) is 3.66. The summed E-state index contributed by atoms with van der Waals surface area (Å²) in [6.07, 6.45) is -0.610. The Balaban J connectivity index is 2.25. The monoisotopic (exact) mass is 427 g/mol. The molecule has 0 aliphatic carbocycles. The van der Waals surface area contributed by atoms with Crippen molar-refractivity contribution in [1.82, 2.24) is 5.32 Å². The molecule has 0 saturated carbocycles. The zero-order chi connectivity index (χ0) is 22.4. The fourth-order valence-corrected chi connectivity index (χ4v) is 8.02. The van der Waals surface area contributed by atoms with Gasteiger partial charge in [-0.3, -0.25) is 4.79 Å². The molecule has 2 aromatic rings. The number of hydrogen-bond donors (Lipinski definition) is 1. The number of benzene rings is 2. The number of hydrogen-bond acceptors (Lipinski definition) is 4. The number of alkyl carbamates (subject to hydrolysis) is 1. The third-order valence-electron chi connectivity index (χ3n) is 4.70. The Hall–Kier alpha value is -2.44. The number of amides is 1. The van der Waals surface area contributed by atoms with Crippen molar-refractivity contribution in [3.05, 3.63) is 60.7 Å². The fraction of sp³-hybridized carbons (Fsp3) is 0.417. The van der Waals surface area contributed by atoms with Crippen molar-refractivity contribution in [3.8, 4) is 0 Å². The number of carbonyl (C=O) groups excluding carboxylic acids is 2. The number of carbonyl (C=O) groups is 2. The van der Waals surface area contributed by atoms with E-state index in [1.54, 1.807) is 20.8 Å². The van der Waals surface area contributed by atoms with Crippen molar-refractivity contribution in [2.45, 2.75) is 52.2 Å². The van der Waals surface area contributed by atoms with E-state index < -0.39 is 20.0 Å². The van der Waals surface area contributed by atoms with Crippen molar-refractivity contribution < 1.29 is 18.8 Å². The lowest BCUT2D eigenvalue weighted by Crippen LogP contribution is -2.67. The van der Waals surface area contributed by atoms with Crippen LogP contribution in [-0.4, -0.2) is 38.9 Å². The molecule has 6 heteroatoms. The number of nitrogens with one attached hydrogen (secondary N) is 1. The molecule has 30 heavy (non-hydrogen) atoms. The van der Waals surface area contributed by atoms with Crippen LogP contribution in [0.15, 0.2) is 60.7 Å². The lowest BCUT2D eigenvalue weighted by molar-refractivity contribution is -0.120. The second kappa shape index (κ2) is 9.58. The molecule has 2 rings (SSSR count). The number of Topliss-reactive ketones (excluding diaryl/α,β-unsaturated/α-hetero) is 1. The van der Waals surface area contributed by atoms with Gasteiger partial charge < -0.3 is 14.5 Å². The van der Waals surface area contributed by atoms with Gasteiger partial charge in [0, 0.05) is 0 Å². The maximum Gasteiger partial charge on any atom is 0.408 e. The fourth-order valence-electron chi connectivity index (χ4n) is 3.49. The molecule has 162 valence electrons. The minimum absolute atomic E-state index is 0.0803. The van der Waals surface area contributed by atoms with Gasteiger partial charge in [-0.2, -0.15) is 0 Å². The molecule has 5 nitrogen and oxygen atoms in total. The maximum atomic E-state index is 12.6. The third-order valence-corrected chi connectivity index (χ3v) is 9.68. The quantitative estimate of drug-likeness (QED) is 0.685. The van der Waals surface area contributed by atoms with Gasteiger partial charge in [-0.25, -0.2) is 4.79 Å². The Morgan fingerprint density at radius 3 is 1.70 bits per heavy atom. The molecule has 0 heterocycles. The summed E-state index contributed by atoms with van der Waals surface area (Å²) in [5.74, 6) is -0.200. The van der Waals surface area contributed by atoms with Gasteiger partial charge in [-0.1, -0.05) is 81.4 Å². The second-order valence-electron chi connectivity index (χ2n) is 9.35. The van der Waals surface area contributed by atoms with E-state index in [-0.39, 0.29) is 24.0 Å². The summed E-state index contributed by atoms with van der Waals surface area (Å²) in [6, 6.07) is 20.3. The standard InChI is InChI=1S/C24H33NO4Si/c1-23(2,3)29-22(27)25-17-19(26)18-28-30(24(4,5)6,20-13-9-7-10-14-20)21-15-11-8-12-16-21/h7-16H,17-18H2,1-6H3,(H,25,27). The highest BCUT2D eigenvalue weighted by Crippen LogP contribution is 2.36. The van der Waals surface area contributed by atoms with Crippen molar-refractivity contribution in [2.75, 3.05) is 13.2 Å². The Kier molecular flexibility index (Phi) is 7.61. The highest BCUT2D eigenvalue weighted by Gasteiger charge is 2.50. The van der Waals surface area contributed by atoms with E-state index in [2.05, 4.69) is 50.4 Å². The highest BCUT2D eigenvalue weighted by molar-refractivity contribution is 6.99. The van der Waals surface area contributed by atoms with Gasteiger partial charge in [-0.15, -0.1) is 0 Å². The van der Waals surface area contributed by atoms with Crippen LogP contribution in [0.4, 0.5) is 4.79 Å². The Labute approximate surface area is 180 Å². The molecule has 0 fully saturated rings. The van der Waals surface area contributed by atoms with E-state index in [0.717, 1.165) is 10.4 Å². The van der Waals surface area contributed by atoms with Gasteiger partial charge in [0.2, 0.25) is 0 Å². The first-order chi connectivity index (χ1) is 14.0. The van der Waals surface area contributed by atoms with Crippen LogP contribution in [0.5, 0.6) is 0 Å². The highest BCUT2D eigenvalue weighted by atomic mass is 28.4. The SMILES string of the molecule is CC(C)(C)OC(=O)NCC(=O)CO[Si](c1ccccc1)(c1ccccc1)C(C)(C)C. The molecule has 0 saturated heterocycles. The van der Waals surface area contributed by atoms with E-state index >= 15 is 0 Å². The van der Waals surface area contributed by atoms with Crippen LogP contribution in [0.3, 0.4) is 0 Å². The molecule has 0 bridgehead atoms. The Bertz CT molecular complexity index is 800. The van der Waals surface area contributed by atoms with Crippen LogP contribution in [0, 0.1) is 0 Å². The average Bonchev–Trinajstić information content (AvgIpc) is 2.66. The second-order valence-corrected chi connectivity index (χ2v) is 13.7. The van der Waals surface area contributed by atoms with Gasteiger partial charge in [-0.05, 0) is 36.2 Å². The summed E-state index contributed by atoms with van der Waals surface area (Å²) >= 11 is 0. The maximum absolute atomic E-state index is 12.6. The topological polar surface area (TPSA) is 64.6 Å². The lowest BCUT2D eigenvalue weighted by atomic mass is 10.2. The number of ketones is 1. The molecule has 2 aromatic carbocycles. The van der Waals surface area contributed by atoms with Gasteiger partial charge >= 0.3 is 6.09 Å². The van der Waals surface area contributed by atoms with E-state index in [1.165, 1.54) is 0 Å². The first kappa shape index (κ1) is 23.8. The molecule has 0 radical (unpaired) electrons. The minimum Gasteiger partial charge on any atom is -0.444 e. The summed E-state index contributed by atoms with van der Waals surface area (Å²) in [7, 11) is -2.77. The Morgan fingerprint density at radius 1 is 0.833 bits per heavy atom. The largest absolute Gasteiger partial charge is 0.444 e. The molecule has 0 atom stereocenters. The first-order valence-electron chi connectivity index (χ1n) is 10.2. The lowest BCUT2D eigenvalue weighted by Gasteiger charge is -2.42. The summed E-state index contributed by atoms with van der Waals surface area (Å²) in [6.45, 7) is 11.6. The van der Waals surface area contributed by atoms with Crippen molar-refractivity contribution in [1.29, 1.82) is 0 Å². The van der Waals surface area contributed by atoms with E-state index in [4.69, 9.17) is 9.16 Å². The van der Waals surface area contributed by atoms with E-state index in [9.17, 15) is 9.59 Å². The molecule has 1 N–H and O–H groups in total. The predicted molar refractivity (Wildman–Crippen MR) is 123 cm³/mol. The number of ether oxygens (including phenoxy) is 1. The third kappa shape index (κ3) is 6.03. The zero-order valence-corrected chi connectivity index (χ0v) is 19.8. The summed E-state index contributed by atoms with van der Waals surface area (Å²) in [5.41, 5.74) is -0.613. The van der Waals surface area contributed by atoms with Crippen LogP contribution in [0.2, 0.25) is 5.04 Å². The summed E-state index contributed by atoms with van der Waals surface area (Å²) in [4.78, 5) is 24.4. The van der Waals surface area contributed by atoms with E-state index in [1.807, 2.05) is 36.4 Å². The van der Waals surface area contributed by atoms with Gasteiger partial charge in [0.25, 0.3) is 8.32 Å². The molecule has 0 unspecified atom stereocenters. The zero-order valence-electron chi connectivity index (χ0n) is 18.8. The first-order valence-corrected chi connectivity index (χ1v) is 12.1. The molecule has 0 aromatic heterocycles. The van der Waals surface area contributed by atoms with Crippen LogP contribution in [0.1, 0.15) is 41.5 Å². The van der Waals surface area contributed by atoms with Gasteiger partial charge in [0.1, 0.15) is 5.60 Å². The van der Waals surface area contributed by atoms with Crippen LogP contribution in [-0.2, 0) is 14.0 Å². The summed E-state index contributed by atoms with van der Waals surface area (Å²) in [5, 5.41) is 4.52. The van der Waals surface area contributed by atoms with Crippen molar-refractivity contribution in [3.63, 3.8) is 0 Å². The van der Waals surface area contributed by atoms with Crippen molar-refractivity contribution in [2.24, 2.45) is 0 Å². The Morgan fingerprint density at radius 2 is 1.30 bits per heavy atom. The normalized spacial score (nSPS) is 12.3. The summed E-state index contributed by atoms with van der Waals surface area (Å²) < 4.78 is 11.8. The van der Waals surface area contributed by atoms with Crippen LogP contribution in [0.25, 0.3) is 0 Å². The van der Waals surface area contributed by atoms with Crippen LogP contribution < -0.4 is 15.7 Å². The molecular formula is C24H33NO4Si. The van der Waals surface area contributed by atoms with Crippen molar-refractivity contribution >= 4 is 30.6 Å². The molecular weight excluding hydrogens is 394 g/mol. The number of rotatable bonds is 7. The van der Waals surface area contributed by atoms with Crippen LogP contribution >= 0.6 is 0 Å². The smallest absolute Gasteiger partial charge is 0.408 e. The molecule has 1 amide bonds. The minimum atomic E-state index is -2.77. The van der Waals surface area contributed by atoms with E-state index in [0.29, 0.717) is 0 Å². The molecule has 0 aliphatic heterocycles. The molecule has 0 aliphatic rings.